The normalized spacial score (nSPS) is 17.2. The third kappa shape index (κ3) is 4.69. The second-order valence-electron chi connectivity index (χ2n) is 7.59. The molecule has 1 aliphatic heterocycles. The highest BCUT2D eigenvalue weighted by Gasteiger charge is 2.36. The number of aromatic nitrogens is 2. The molecular formula is C23H26N4O3S. The van der Waals surface area contributed by atoms with E-state index >= 15 is 0 Å². The number of amides is 2. The Morgan fingerprint density at radius 2 is 2.06 bits per heavy atom. The van der Waals surface area contributed by atoms with E-state index in [1.54, 1.807) is 23.8 Å². The Hall–Kier alpha value is -3.00. The van der Waals surface area contributed by atoms with Crippen molar-refractivity contribution in [3.05, 3.63) is 54.4 Å². The number of H-pyrrole nitrogens is 1. The number of thioether (sulfide) groups is 1. The lowest BCUT2D eigenvalue weighted by molar-refractivity contribution is -0.127. The number of anilines is 1. The van der Waals surface area contributed by atoms with Gasteiger partial charge in [-0.3, -0.25) is 9.59 Å². The van der Waals surface area contributed by atoms with E-state index in [0.29, 0.717) is 6.54 Å². The molecule has 1 saturated heterocycles. The second-order valence-corrected chi connectivity index (χ2v) is 8.57. The van der Waals surface area contributed by atoms with E-state index in [1.165, 1.54) is 0 Å². The molecular weight excluding hydrogens is 412 g/mol. The Morgan fingerprint density at radius 1 is 1.29 bits per heavy atom. The summed E-state index contributed by atoms with van der Waals surface area (Å²) in [5, 5.41) is 3.14. The maximum absolute atomic E-state index is 13.1. The van der Waals surface area contributed by atoms with Crippen LogP contribution in [0.15, 0.2) is 48.5 Å². The molecule has 0 spiro atoms. The average Bonchev–Trinajstić information content (AvgIpc) is 3.40. The summed E-state index contributed by atoms with van der Waals surface area (Å²) in [5.74, 6) is 1.82. The lowest BCUT2D eigenvalue weighted by Gasteiger charge is -2.20. The molecule has 0 radical (unpaired) electrons. The highest BCUT2D eigenvalue weighted by molar-refractivity contribution is 7.98. The molecule has 0 unspecified atom stereocenters. The first-order valence-electron chi connectivity index (χ1n) is 10.3. The van der Waals surface area contributed by atoms with Crippen molar-refractivity contribution in [2.24, 2.45) is 5.92 Å². The topological polar surface area (TPSA) is 87.3 Å². The maximum atomic E-state index is 13.1. The highest BCUT2D eigenvalue weighted by atomic mass is 32.2. The highest BCUT2D eigenvalue weighted by Crippen LogP contribution is 2.28. The van der Waals surface area contributed by atoms with Gasteiger partial charge < -0.3 is 19.9 Å². The number of para-hydroxylation sites is 2. The van der Waals surface area contributed by atoms with E-state index < -0.39 is 5.92 Å². The molecule has 0 aliphatic carbocycles. The quantitative estimate of drug-likeness (QED) is 0.562. The van der Waals surface area contributed by atoms with Gasteiger partial charge in [-0.05, 0) is 54.8 Å². The number of ether oxygens (including phenoxy) is 1. The first-order valence-corrected chi connectivity index (χ1v) is 11.7. The second kappa shape index (κ2) is 9.43. The molecule has 0 saturated carbocycles. The van der Waals surface area contributed by atoms with E-state index in [-0.39, 0.29) is 24.3 Å². The Labute approximate surface area is 185 Å². The van der Waals surface area contributed by atoms with Crippen LogP contribution < -0.4 is 15.0 Å². The Kier molecular flexibility index (Phi) is 6.46. The summed E-state index contributed by atoms with van der Waals surface area (Å²) in [6, 6.07) is 14.9. The lowest BCUT2D eigenvalue weighted by Crippen LogP contribution is -2.36. The van der Waals surface area contributed by atoms with Crippen LogP contribution in [0, 0.1) is 5.92 Å². The molecule has 31 heavy (non-hydrogen) atoms. The summed E-state index contributed by atoms with van der Waals surface area (Å²) in [7, 11) is 1.60. The summed E-state index contributed by atoms with van der Waals surface area (Å²) < 4.78 is 5.18. The number of imidazole rings is 1. The molecule has 1 aromatic heterocycles. The zero-order valence-corrected chi connectivity index (χ0v) is 18.4. The summed E-state index contributed by atoms with van der Waals surface area (Å²) in [5.41, 5.74) is 2.60. The maximum Gasteiger partial charge on any atom is 0.227 e. The number of hydrogen-bond donors (Lipinski definition) is 2. The van der Waals surface area contributed by atoms with Crippen molar-refractivity contribution in [1.29, 1.82) is 0 Å². The molecule has 4 rings (SSSR count). The molecule has 2 amide bonds. The van der Waals surface area contributed by atoms with Crippen LogP contribution >= 0.6 is 11.8 Å². The van der Waals surface area contributed by atoms with Crippen LogP contribution in [-0.2, 0) is 9.59 Å². The van der Waals surface area contributed by atoms with Crippen molar-refractivity contribution >= 4 is 40.3 Å². The molecule has 0 bridgehead atoms. The van der Waals surface area contributed by atoms with Crippen molar-refractivity contribution in [3.8, 4) is 5.75 Å². The number of aromatic amines is 1. The number of hydrogen-bond acceptors (Lipinski definition) is 5. The van der Waals surface area contributed by atoms with Gasteiger partial charge in [0.2, 0.25) is 11.8 Å². The third-order valence-corrected chi connectivity index (χ3v) is 6.19. The van der Waals surface area contributed by atoms with Gasteiger partial charge >= 0.3 is 0 Å². The fraction of sp³-hybridized carbons (Fsp3) is 0.348. The van der Waals surface area contributed by atoms with Gasteiger partial charge in [-0.25, -0.2) is 4.98 Å². The van der Waals surface area contributed by atoms with Crippen molar-refractivity contribution in [2.75, 3.05) is 30.6 Å². The fourth-order valence-electron chi connectivity index (χ4n) is 3.83. The van der Waals surface area contributed by atoms with Crippen molar-refractivity contribution in [3.63, 3.8) is 0 Å². The summed E-state index contributed by atoms with van der Waals surface area (Å²) in [6.07, 6.45) is 3.00. The van der Waals surface area contributed by atoms with Gasteiger partial charge in [0.25, 0.3) is 0 Å². The number of carbonyl (C=O) groups is 2. The van der Waals surface area contributed by atoms with Crippen LogP contribution in [0.4, 0.5) is 5.69 Å². The van der Waals surface area contributed by atoms with Crippen LogP contribution in [0.3, 0.4) is 0 Å². The van der Waals surface area contributed by atoms with Crippen LogP contribution in [0.25, 0.3) is 11.0 Å². The summed E-state index contributed by atoms with van der Waals surface area (Å²) in [4.78, 5) is 35.3. The molecule has 162 valence electrons. The molecule has 2 aromatic carbocycles. The summed E-state index contributed by atoms with van der Waals surface area (Å²) >= 11 is 1.73. The first kappa shape index (κ1) is 21.2. The van der Waals surface area contributed by atoms with Gasteiger partial charge in [-0.2, -0.15) is 11.8 Å². The van der Waals surface area contributed by atoms with E-state index in [0.717, 1.165) is 40.5 Å². The monoisotopic (exact) mass is 438 g/mol. The number of nitrogens with one attached hydrogen (secondary N) is 2. The minimum atomic E-state index is -0.393. The van der Waals surface area contributed by atoms with Gasteiger partial charge in [0.15, 0.2) is 0 Å². The third-order valence-electron chi connectivity index (χ3n) is 5.54. The van der Waals surface area contributed by atoms with Crippen LogP contribution in [0.5, 0.6) is 5.75 Å². The predicted octanol–water partition coefficient (Wildman–Crippen LogP) is 3.54. The summed E-state index contributed by atoms with van der Waals surface area (Å²) in [6.45, 7) is 0.367. The average molecular weight is 439 g/mol. The predicted molar refractivity (Wildman–Crippen MR) is 123 cm³/mol. The lowest BCUT2D eigenvalue weighted by atomic mass is 10.1. The van der Waals surface area contributed by atoms with Crippen LogP contribution in [-0.4, -0.2) is 47.4 Å². The van der Waals surface area contributed by atoms with Gasteiger partial charge in [-0.1, -0.05) is 12.1 Å². The molecule has 2 atom stereocenters. The number of fused-ring (bicyclic) bond motifs is 1. The molecule has 2 heterocycles. The Balaban J connectivity index is 1.47. The zero-order valence-electron chi connectivity index (χ0n) is 17.6. The minimum Gasteiger partial charge on any atom is -0.497 e. The smallest absolute Gasteiger partial charge is 0.227 e. The number of benzene rings is 2. The number of nitrogens with zero attached hydrogens (tertiary/aromatic N) is 2. The zero-order chi connectivity index (χ0) is 21.8. The van der Waals surface area contributed by atoms with E-state index in [4.69, 9.17) is 4.74 Å². The van der Waals surface area contributed by atoms with Gasteiger partial charge in [0, 0.05) is 18.7 Å². The van der Waals surface area contributed by atoms with Crippen LogP contribution in [0.2, 0.25) is 0 Å². The largest absolute Gasteiger partial charge is 0.497 e. The number of carbonyl (C=O) groups excluding carboxylic acids is 2. The molecule has 2 N–H and O–H groups in total. The SMILES string of the molecule is COc1ccc(N2C[C@@H](C(=O)N[C@@H](CCSC)c3nc4ccccc4[nH]3)CC2=O)cc1. The van der Waals surface area contributed by atoms with E-state index in [2.05, 4.69) is 15.3 Å². The molecule has 7 nitrogen and oxygen atoms in total. The fourth-order valence-corrected chi connectivity index (χ4v) is 4.31. The molecule has 1 fully saturated rings. The van der Waals surface area contributed by atoms with E-state index in [9.17, 15) is 9.59 Å². The molecule has 8 heteroatoms. The number of rotatable bonds is 8. The van der Waals surface area contributed by atoms with Crippen molar-refractivity contribution in [2.45, 2.75) is 18.9 Å². The van der Waals surface area contributed by atoms with Crippen LogP contribution in [0.1, 0.15) is 24.7 Å². The minimum absolute atomic E-state index is 0.0466. The van der Waals surface area contributed by atoms with Crippen molar-refractivity contribution < 1.29 is 14.3 Å². The molecule has 3 aromatic rings. The Bertz CT molecular complexity index is 1030. The van der Waals surface area contributed by atoms with E-state index in [1.807, 2.05) is 54.8 Å². The van der Waals surface area contributed by atoms with Gasteiger partial charge in [0.05, 0.1) is 30.1 Å². The molecule has 1 aliphatic rings. The van der Waals surface area contributed by atoms with Gasteiger partial charge in [0.1, 0.15) is 11.6 Å². The van der Waals surface area contributed by atoms with Crippen molar-refractivity contribution in [1.82, 2.24) is 15.3 Å². The van der Waals surface area contributed by atoms with Gasteiger partial charge in [-0.15, -0.1) is 0 Å². The first-order chi connectivity index (χ1) is 15.1. The standard InChI is InChI=1S/C23H26N4O3S/c1-30-17-9-7-16(8-10-17)27-14-15(13-21(27)28)23(29)26-20(11-12-31-2)22-24-18-5-3-4-6-19(18)25-22/h3-10,15,20H,11-14H2,1-2H3,(H,24,25)(H,26,29)/t15-,20-/m0/s1. The number of methoxy groups -OCH3 is 1. The Morgan fingerprint density at radius 3 is 2.77 bits per heavy atom.